The van der Waals surface area contributed by atoms with E-state index in [9.17, 15) is 4.79 Å². The summed E-state index contributed by atoms with van der Waals surface area (Å²) in [5, 5.41) is 6.72. The highest BCUT2D eigenvalue weighted by molar-refractivity contribution is 9.10. The summed E-state index contributed by atoms with van der Waals surface area (Å²) in [6.07, 6.45) is 2.58. The number of nitrogens with zero attached hydrogens (tertiary/aromatic N) is 1. The number of carbonyl (C=O) groups excluding carboxylic acids is 1. The van der Waals surface area contributed by atoms with Gasteiger partial charge in [0.25, 0.3) is 0 Å². The number of aromatic nitrogens is 1. The van der Waals surface area contributed by atoms with Gasteiger partial charge >= 0.3 is 0 Å². The predicted molar refractivity (Wildman–Crippen MR) is 101 cm³/mol. The summed E-state index contributed by atoms with van der Waals surface area (Å²) in [5.41, 5.74) is 1.99. The van der Waals surface area contributed by atoms with E-state index in [2.05, 4.69) is 31.5 Å². The Morgan fingerprint density at radius 1 is 1.35 bits per heavy atom. The van der Waals surface area contributed by atoms with E-state index < -0.39 is 0 Å². The van der Waals surface area contributed by atoms with E-state index in [0.717, 1.165) is 33.1 Å². The molecule has 2 aromatic rings. The maximum Gasteiger partial charge on any atom is 0.240 e. The van der Waals surface area contributed by atoms with Crippen LogP contribution in [0.2, 0.25) is 0 Å². The molecule has 0 aliphatic heterocycles. The first-order chi connectivity index (χ1) is 10.6. The number of anilines is 1. The number of hydrogen-bond acceptors (Lipinski definition) is 4. The highest BCUT2D eigenvalue weighted by Gasteiger charge is 2.20. The van der Waals surface area contributed by atoms with Crippen LogP contribution in [0.15, 0.2) is 28.7 Å². The van der Waals surface area contributed by atoms with Crippen molar-refractivity contribution in [2.45, 2.75) is 19.8 Å². The molecular weight excluding hydrogens is 398 g/mol. The molecule has 0 bridgehead atoms. The first-order valence-corrected chi connectivity index (χ1v) is 8.96. The molecule has 0 spiro atoms. The van der Waals surface area contributed by atoms with Gasteiger partial charge in [-0.15, -0.1) is 23.7 Å². The lowest BCUT2D eigenvalue weighted by Gasteiger charge is -2.03. The first kappa shape index (κ1) is 18.4. The number of amides is 1. The Labute approximate surface area is 154 Å². The van der Waals surface area contributed by atoms with Gasteiger partial charge in [-0.05, 0) is 44.4 Å². The van der Waals surface area contributed by atoms with Gasteiger partial charge in [0, 0.05) is 14.9 Å². The lowest BCUT2D eigenvalue weighted by Crippen LogP contribution is -2.29. The van der Waals surface area contributed by atoms with Gasteiger partial charge in [-0.25, -0.2) is 4.98 Å². The third-order valence-electron chi connectivity index (χ3n) is 3.58. The van der Waals surface area contributed by atoms with Crippen molar-refractivity contribution >= 4 is 50.7 Å². The molecule has 3 rings (SSSR count). The Kier molecular flexibility index (Phi) is 6.59. The zero-order valence-corrected chi connectivity index (χ0v) is 16.0. The lowest BCUT2D eigenvalue weighted by atomic mass is 10.1. The van der Waals surface area contributed by atoms with Gasteiger partial charge in [-0.2, -0.15) is 0 Å². The van der Waals surface area contributed by atoms with Crippen LogP contribution in [0.4, 0.5) is 5.13 Å². The third kappa shape index (κ3) is 5.28. The number of carbonyl (C=O) groups is 1. The Morgan fingerprint density at radius 3 is 2.70 bits per heavy atom. The molecule has 7 heteroatoms. The van der Waals surface area contributed by atoms with Crippen molar-refractivity contribution in [2.24, 2.45) is 5.92 Å². The topological polar surface area (TPSA) is 54.0 Å². The Bertz CT molecular complexity index is 670. The van der Waals surface area contributed by atoms with Gasteiger partial charge in [0.05, 0.1) is 12.2 Å². The summed E-state index contributed by atoms with van der Waals surface area (Å²) in [4.78, 5) is 17.6. The van der Waals surface area contributed by atoms with Crippen LogP contribution < -0.4 is 10.6 Å². The number of halogens is 2. The molecule has 1 amide bonds. The average molecular weight is 417 g/mol. The summed E-state index contributed by atoms with van der Waals surface area (Å²) in [6, 6.07) is 8.03. The predicted octanol–water partition coefficient (Wildman–Crippen LogP) is 4.24. The van der Waals surface area contributed by atoms with E-state index in [-0.39, 0.29) is 18.3 Å². The minimum atomic E-state index is -0.0308. The van der Waals surface area contributed by atoms with Gasteiger partial charge in [-0.1, -0.05) is 28.1 Å². The zero-order valence-electron chi connectivity index (χ0n) is 12.8. The molecular formula is C16H19BrClN3OS. The molecule has 1 aliphatic carbocycles. The Morgan fingerprint density at radius 2 is 2.04 bits per heavy atom. The SMILES string of the molecule is Cc1sc(NC(=O)CNCC2CC2)nc1-c1ccc(Br)cc1.Cl. The van der Waals surface area contributed by atoms with E-state index in [1.807, 2.05) is 31.2 Å². The van der Waals surface area contributed by atoms with Crippen LogP contribution in [0.1, 0.15) is 17.7 Å². The van der Waals surface area contributed by atoms with Crippen molar-refractivity contribution in [3.63, 3.8) is 0 Å². The molecule has 4 nitrogen and oxygen atoms in total. The molecule has 0 radical (unpaired) electrons. The van der Waals surface area contributed by atoms with Crippen LogP contribution >= 0.6 is 39.7 Å². The summed E-state index contributed by atoms with van der Waals surface area (Å²) in [6.45, 7) is 3.31. The molecule has 1 saturated carbocycles. The molecule has 2 N–H and O–H groups in total. The number of rotatable bonds is 6. The second-order valence-electron chi connectivity index (χ2n) is 5.55. The van der Waals surface area contributed by atoms with Gasteiger partial charge in [0.2, 0.25) is 5.91 Å². The zero-order chi connectivity index (χ0) is 15.5. The number of aryl methyl sites for hydroxylation is 1. The van der Waals surface area contributed by atoms with Crippen LogP contribution in [0.25, 0.3) is 11.3 Å². The molecule has 1 aromatic carbocycles. The second-order valence-corrected chi connectivity index (χ2v) is 7.67. The maximum absolute atomic E-state index is 11.9. The monoisotopic (exact) mass is 415 g/mol. The number of benzene rings is 1. The molecule has 0 atom stereocenters. The highest BCUT2D eigenvalue weighted by Crippen LogP contribution is 2.31. The number of nitrogens with one attached hydrogen (secondary N) is 2. The smallest absolute Gasteiger partial charge is 0.240 e. The molecule has 124 valence electrons. The fourth-order valence-electron chi connectivity index (χ4n) is 2.20. The molecule has 23 heavy (non-hydrogen) atoms. The normalized spacial score (nSPS) is 13.5. The molecule has 0 unspecified atom stereocenters. The number of hydrogen-bond donors (Lipinski definition) is 2. The number of thiazole rings is 1. The van der Waals surface area contributed by atoms with Gasteiger partial charge in [0.1, 0.15) is 0 Å². The van der Waals surface area contributed by atoms with Gasteiger partial charge < -0.3 is 10.6 Å². The Hall–Kier alpha value is -0.950. The van der Waals surface area contributed by atoms with E-state index in [1.54, 1.807) is 0 Å². The van der Waals surface area contributed by atoms with Crippen LogP contribution in [-0.4, -0.2) is 24.0 Å². The fourth-order valence-corrected chi connectivity index (χ4v) is 3.32. The van der Waals surface area contributed by atoms with Crippen molar-refractivity contribution in [3.8, 4) is 11.3 Å². The summed E-state index contributed by atoms with van der Waals surface area (Å²) in [5.74, 6) is 0.746. The second kappa shape index (κ2) is 8.24. The van der Waals surface area contributed by atoms with E-state index >= 15 is 0 Å². The molecule has 1 heterocycles. The largest absolute Gasteiger partial charge is 0.308 e. The fraction of sp³-hybridized carbons (Fsp3) is 0.375. The maximum atomic E-state index is 11.9. The van der Waals surface area contributed by atoms with E-state index in [1.165, 1.54) is 24.2 Å². The molecule has 1 fully saturated rings. The van der Waals surface area contributed by atoms with E-state index in [0.29, 0.717) is 11.7 Å². The summed E-state index contributed by atoms with van der Waals surface area (Å²) < 4.78 is 1.04. The van der Waals surface area contributed by atoms with Gasteiger partial charge in [-0.3, -0.25) is 4.79 Å². The highest BCUT2D eigenvalue weighted by atomic mass is 79.9. The standard InChI is InChI=1S/C16H18BrN3OS.ClH/c1-10-15(12-4-6-13(17)7-5-12)20-16(22-10)19-14(21)9-18-8-11-2-3-11;/h4-7,11,18H,2-3,8-9H2,1H3,(H,19,20,21);1H. The quantitative estimate of drug-likeness (QED) is 0.740. The summed E-state index contributed by atoms with van der Waals surface area (Å²) in [7, 11) is 0. The Balaban J connectivity index is 0.00000192. The van der Waals surface area contributed by atoms with Crippen molar-refractivity contribution in [1.29, 1.82) is 0 Å². The first-order valence-electron chi connectivity index (χ1n) is 7.36. The molecule has 0 saturated heterocycles. The van der Waals surface area contributed by atoms with Crippen molar-refractivity contribution in [2.75, 3.05) is 18.4 Å². The third-order valence-corrected chi connectivity index (χ3v) is 4.99. The molecule has 1 aliphatic rings. The minimum absolute atomic E-state index is 0. The lowest BCUT2D eigenvalue weighted by molar-refractivity contribution is -0.115. The van der Waals surface area contributed by atoms with Crippen molar-refractivity contribution < 1.29 is 4.79 Å². The van der Waals surface area contributed by atoms with Crippen molar-refractivity contribution in [1.82, 2.24) is 10.3 Å². The molecule has 1 aromatic heterocycles. The van der Waals surface area contributed by atoms with Crippen molar-refractivity contribution in [3.05, 3.63) is 33.6 Å². The van der Waals surface area contributed by atoms with Crippen LogP contribution in [0.5, 0.6) is 0 Å². The van der Waals surface area contributed by atoms with Crippen LogP contribution in [0.3, 0.4) is 0 Å². The summed E-state index contributed by atoms with van der Waals surface area (Å²) >= 11 is 4.94. The average Bonchev–Trinajstić information content (AvgIpc) is 3.23. The minimum Gasteiger partial charge on any atom is -0.308 e. The van der Waals surface area contributed by atoms with Crippen LogP contribution in [0, 0.1) is 12.8 Å². The van der Waals surface area contributed by atoms with Crippen LogP contribution in [-0.2, 0) is 4.79 Å². The van der Waals surface area contributed by atoms with Gasteiger partial charge in [0.15, 0.2) is 5.13 Å². The van der Waals surface area contributed by atoms with E-state index in [4.69, 9.17) is 0 Å².